The van der Waals surface area contributed by atoms with Gasteiger partial charge in [-0.25, -0.2) is 0 Å². The van der Waals surface area contributed by atoms with Crippen molar-refractivity contribution in [3.05, 3.63) is 32.9 Å². The van der Waals surface area contributed by atoms with Crippen molar-refractivity contribution in [2.75, 3.05) is 7.11 Å². The van der Waals surface area contributed by atoms with Crippen LogP contribution in [-0.2, 0) is 11.2 Å². The van der Waals surface area contributed by atoms with Crippen LogP contribution in [-0.4, -0.2) is 7.11 Å². The maximum atomic E-state index is 5.38. The molecule has 1 aromatic carbocycles. The Kier molecular flexibility index (Phi) is 2.37. The molecule has 0 fully saturated rings. The van der Waals surface area contributed by atoms with Crippen molar-refractivity contribution in [2.24, 2.45) is 0 Å². The van der Waals surface area contributed by atoms with E-state index in [1.54, 1.807) is 7.11 Å². The Labute approximate surface area is 86.3 Å². The van der Waals surface area contributed by atoms with E-state index in [4.69, 9.17) is 4.74 Å². The molecule has 0 N–H and O–H groups in total. The molecule has 12 heavy (non-hydrogen) atoms. The van der Waals surface area contributed by atoms with Gasteiger partial charge in [0.1, 0.15) is 0 Å². The monoisotopic (exact) mass is 274 g/mol. The zero-order chi connectivity index (χ0) is 8.55. The molecule has 2 rings (SSSR count). The van der Waals surface area contributed by atoms with Crippen LogP contribution >= 0.6 is 22.6 Å². The third kappa shape index (κ3) is 1.38. The first kappa shape index (κ1) is 8.51. The predicted molar refractivity (Wildman–Crippen MR) is 57.2 cm³/mol. The Balaban J connectivity index is 2.40. The van der Waals surface area contributed by atoms with Crippen LogP contribution < -0.4 is 0 Å². The SMILES string of the molecule is COC1CCc2cc(I)ccc21. The molecule has 0 aromatic heterocycles. The fraction of sp³-hybridized carbons (Fsp3) is 0.400. The fourth-order valence-electron chi connectivity index (χ4n) is 1.79. The quantitative estimate of drug-likeness (QED) is 0.715. The van der Waals surface area contributed by atoms with Crippen molar-refractivity contribution < 1.29 is 4.74 Å². The van der Waals surface area contributed by atoms with Gasteiger partial charge >= 0.3 is 0 Å². The number of aryl methyl sites for hydroxylation is 1. The summed E-state index contributed by atoms with van der Waals surface area (Å²) in [5.74, 6) is 0. The number of hydrogen-bond acceptors (Lipinski definition) is 1. The van der Waals surface area contributed by atoms with Crippen LogP contribution in [0.3, 0.4) is 0 Å². The Hall–Kier alpha value is -0.0900. The van der Waals surface area contributed by atoms with E-state index in [1.807, 2.05) is 0 Å². The molecule has 1 aliphatic rings. The number of hydrogen-bond donors (Lipinski definition) is 0. The van der Waals surface area contributed by atoms with Gasteiger partial charge in [-0.05, 0) is 58.7 Å². The van der Waals surface area contributed by atoms with Crippen LogP contribution in [0.1, 0.15) is 23.7 Å². The molecular formula is C10H11IO. The molecule has 1 atom stereocenters. The number of rotatable bonds is 1. The van der Waals surface area contributed by atoms with E-state index < -0.39 is 0 Å². The average Bonchev–Trinajstić information content (AvgIpc) is 2.46. The van der Waals surface area contributed by atoms with Gasteiger partial charge in [0.25, 0.3) is 0 Å². The largest absolute Gasteiger partial charge is 0.377 e. The van der Waals surface area contributed by atoms with E-state index in [2.05, 4.69) is 40.8 Å². The molecule has 0 bridgehead atoms. The summed E-state index contributed by atoms with van der Waals surface area (Å²) in [6.45, 7) is 0. The first-order valence-electron chi connectivity index (χ1n) is 4.12. The average molecular weight is 274 g/mol. The molecule has 0 aliphatic heterocycles. The molecule has 1 aromatic rings. The van der Waals surface area contributed by atoms with E-state index in [-0.39, 0.29) is 0 Å². The number of benzene rings is 1. The van der Waals surface area contributed by atoms with Crippen molar-refractivity contribution in [1.82, 2.24) is 0 Å². The Bertz CT molecular complexity index is 296. The molecule has 2 heteroatoms. The Morgan fingerprint density at radius 1 is 1.50 bits per heavy atom. The van der Waals surface area contributed by atoms with Gasteiger partial charge in [0, 0.05) is 10.7 Å². The van der Waals surface area contributed by atoms with Gasteiger partial charge in [-0.1, -0.05) is 6.07 Å². The Morgan fingerprint density at radius 2 is 2.33 bits per heavy atom. The standard InChI is InChI=1S/C10H11IO/c1-12-10-5-2-7-6-8(11)3-4-9(7)10/h3-4,6,10H,2,5H2,1H3. The zero-order valence-corrected chi connectivity index (χ0v) is 9.17. The summed E-state index contributed by atoms with van der Waals surface area (Å²) >= 11 is 2.35. The second-order valence-electron chi connectivity index (χ2n) is 3.11. The summed E-state index contributed by atoms with van der Waals surface area (Å²) < 4.78 is 6.70. The van der Waals surface area contributed by atoms with Crippen molar-refractivity contribution in [2.45, 2.75) is 18.9 Å². The maximum absolute atomic E-state index is 5.38. The van der Waals surface area contributed by atoms with Crippen molar-refractivity contribution in [1.29, 1.82) is 0 Å². The fourth-order valence-corrected chi connectivity index (χ4v) is 2.35. The van der Waals surface area contributed by atoms with Crippen LogP contribution in [0, 0.1) is 3.57 Å². The maximum Gasteiger partial charge on any atom is 0.0827 e. The van der Waals surface area contributed by atoms with E-state index in [0.29, 0.717) is 6.10 Å². The van der Waals surface area contributed by atoms with Crippen molar-refractivity contribution in [3.8, 4) is 0 Å². The topological polar surface area (TPSA) is 9.23 Å². The lowest BCUT2D eigenvalue weighted by molar-refractivity contribution is 0.105. The molecule has 64 valence electrons. The number of ether oxygens (including phenoxy) is 1. The highest BCUT2D eigenvalue weighted by Crippen LogP contribution is 2.33. The van der Waals surface area contributed by atoms with E-state index in [9.17, 15) is 0 Å². The lowest BCUT2D eigenvalue weighted by atomic mass is 10.1. The van der Waals surface area contributed by atoms with Crippen LogP contribution in [0.25, 0.3) is 0 Å². The lowest BCUT2D eigenvalue weighted by Gasteiger charge is -2.08. The molecule has 0 saturated heterocycles. The first-order chi connectivity index (χ1) is 5.81. The van der Waals surface area contributed by atoms with Crippen LogP contribution in [0.2, 0.25) is 0 Å². The summed E-state index contributed by atoms with van der Waals surface area (Å²) in [6.07, 6.45) is 2.66. The van der Waals surface area contributed by atoms with Crippen molar-refractivity contribution >= 4 is 22.6 Å². The van der Waals surface area contributed by atoms with Gasteiger partial charge in [0.2, 0.25) is 0 Å². The second kappa shape index (κ2) is 3.34. The number of halogens is 1. The molecular weight excluding hydrogens is 263 g/mol. The van der Waals surface area contributed by atoms with Crippen LogP contribution in [0.15, 0.2) is 18.2 Å². The van der Waals surface area contributed by atoms with E-state index in [1.165, 1.54) is 21.1 Å². The summed E-state index contributed by atoms with van der Waals surface area (Å²) in [4.78, 5) is 0. The molecule has 1 unspecified atom stereocenters. The molecule has 1 nitrogen and oxygen atoms in total. The van der Waals surface area contributed by atoms with Crippen LogP contribution in [0.4, 0.5) is 0 Å². The van der Waals surface area contributed by atoms with Gasteiger partial charge in [-0.3, -0.25) is 0 Å². The van der Waals surface area contributed by atoms with Gasteiger partial charge in [-0.15, -0.1) is 0 Å². The highest BCUT2D eigenvalue weighted by Gasteiger charge is 2.21. The zero-order valence-electron chi connectivity index (χ0n) is 7.01. The van der Waals surface area contributed by atoms with Gasteiger partial charge < -0.3 is 4.74 Å². The minimum atomic E-state index is 0.344. The minimum absolute atomic E-state index is 0.344. The summed E-state index contributed by atoms with van der Waals surface area (Å²) in [7, 11) is 1.79. The summed E-state index contributed by atoms with van der Waals surface area (Å²) in [5, 5.41) is 0. The molecule has 0 heterocycles. The summed E-state index contributed by atoms with van der Waals surface area (Å²) in [5.41, 5.74) is 2.85. The van der Waals surface area contributed by atoms with Gasteiger partial charge in [-0.2, -0.15) is 0 Å². The normalized spacial score (nSPS) is 21.0. The third-order valence-corrected chi connectivity index (χ3v) is 3.08. The first-order valence-corrected chi connectivity index (χ1v) is 5.20. The highest BCUT2D eigenvalue weighted by atomic mass is 127. The smallest absolute Gasteiger partial charge is 0.0827 e. The van der Waals surface area contributed by atoms with Crippen LogP contribution in [0.5, 0.6) is 0 Å². The molecule has 0 amide bonds. The van der Waals surface area contributed by atoms with Gasteiger partial charge in [0.15, 0.2) is 0 Å². The number of fused-ring (bicyclic) bond motifs is 1. The van der Waals surface area contributed by atoms with Crippen molar-refractivity contribution in [3.63, 3.8) is 0 Å². The highest BCUT2D eigenvalue weighted by molar-refractivity contribution is 14.1. The molecule has 0 radical (unpaired) electrons. The lowest BCUT2D eigenvalue weighted by Crippen LogP contribution is -1.94. The minimum Gasteiger partial charge on any atom is -0.377 e. The molecule has 0 saturated carbocycles. The predicted octanol–water partition coefficient (Wildman–Crippen LogP) is 2.92. The second-order valence-corrected chi connectivity index (χ2v) is 4.35. The van der Waals surface area contributed by atoms with E-state index in [0.717, 1.165) is 6.42 Å². The van der Waals surface area contributed by atoms with E-state index >= 15 is 0 Å². The summed E-state index contributed by atoms with van der Waals surface area (Å²) in [6, 6.07) is 6.60. The third-order valence-electron chi connectivity index (χ3n) is 2.41. The molecule has 1 aliphatic carbocycles. The molecule has 0 spiro atoms. The number of methoxy groups -OCH3 is 1. The Morgan fingerprint density at radius 3 is 3.08 bits per heavy atom. The van der Waals surface area contributed by atoms with Gasteiger partial charge in [0.05, 0.1) is 6.10 Å².